The summed E-state index contributed by atoms with van der Waals surface area (Å²) in [5, 5.41) is 12.4. The van der Waals surface area contributed by atoms with Crippen LogP contribution in [0.2, 0.25) is 0 Å². The fraction of sp³-hybridized carbons (Fsp3) is 0.154. The lowest BCUT2D eigenvalue weighted by molar-refractivity contribution is -0.137. The van der Waals surface area contributed by atoms with E-state index in [-0.39, 0.29) is 12.3 Å². The Morgan fingerprint density at radius 1 is 1.00 bits per heavy atom. The quantitative estimate of drug-likeness (QED) is 0.318. The average Bonchev–Trinajstić information content (AvgIpc) is 3.21. The third-order valence-corrected chi connectivity index (χ3v) is 6.37. The summed E-state index contributed by atoms with van der Waals surface area (Å²) >= 11 is 1.54. The second-order valence-corrected chi connectivity index (χ2v) is 8.69. The van der Waals surface area contributed by atoms with Gasteiger partial charge in [0.2, 0.25) is 0 Å². The number of thiophene rings is 1. The first-order valence-electron chi connectivity index (χ1n) is 10.3. The number of nitrogens with zero attached hydrogens (tertiary/aromatic N) is 1. The summed E-state index contributed by atoms with van der Waals surface area (Å²) < 4.78 is 40.2. The Morgan fingerprint density at radius 3 is 2.58 bits per heavy atom. The van der Waals surface area contributed by atoms with Crippen LogP contribution in [0.3, 0.4) is 0 Å². The predicted octanol–water partition coefficient (Wildman–Crippen LogP) is 6.82. The van der Waals surface area contributed by atoms with Gasteiger partial charge in [-0.15, -0.1) is 11.3 Å². The molecule has 0 saturated heterocycles. The molecule has 3 aromatic carbocycles. The Labute approximate surface area is 193 Å². The van der Waals surface area contributed by atoms with Gasteiger partial charge in [-0.05, 0) is 46.3 Å². The van der Waals surface area contributed by atoms with Crippen molar-refractivity contribution in [3.63, 3.8) is 0 Å². The predicted molar refractivity (Wildman–Crippen MR) is 124 cm³/mol. The van der Waals surface area contributed by atoms with Gasteiger partial charge in [-0.3, -0.25) is 4.79 Å². The Kier molecular flexibility index (Phi) is 6.47. The second-order valence-electron chi connectivity index (χ2n) is 7.56. The van der Waals surface area contributed by atoms with Gasteiger partial charge in [0, 0.05) is 28.1 Å². The molecule has 1 aromatic heterocycles. The molecule has 4 aromatic rings. The van der Waals surface area contributed by atoms with Crippen molar-refractivity contribution in [1.82, 2.24) is 5.32 Å². The molecular weight excluding hydrogens is 445 g/mol. The number of hydrogen-bond acceptors (Lipinski definition) is 3. The Morgan fingerprint density at radius 2 is 1.79 bits per heavy atom. The van der Waals surface area contributed by atoms with Crippen molar-refractivity contribution in [2.45, 2.75) is 19.0 Å². The van der Waals surface area contributed by atoms with Crippen LogP contribution in [-0.2, 0) is 12.6 Å². The summed E-state index contributed by atoms with van der Waals surface area (Å²) in [6.07, 6.45) is -3.71. The van der Waals surface area contributed by atoms with E-state index in [1.165, 1.54) is 12.1 Å². The molecule has 0 aliphatic carbocycles. The Bertz CT molecular complexity index is 1350. The van der Waals surface area contributed by atoms with Crippen LogP contribution in [0.5, 0.6) is 0 Å². The van der Waals surface area contributed by atoms with Crippen molar-refractivity contribution in [2.75, 3.05) is 6.54 Å². The molecule has 4 rings (SSSR count). The van der Waals surface area contributed by atoms with E-state index in [0.29, 0.717) is 24.1 Å². The highest BCUT2D eigenvalue weighted by Gasteiger charge is 2.30. The van der Waals surface area contributed by atoms with E-state index in [1.807, 2.05) is 48.5 Å². The van der Waals surface area contributed by atoms with Gasteiger partial charge in [0.05, 0.1) is 18.1 Å². The maximum atomic E-state index is 13.1. The summed E-state index contributed by atoms with van der Waals surface area (Å²) in [4.78, 5) is 13.3. The maximum Gasteiger partial charge on any atom is 0.416 e. The number of rotatable bonds is 6. The summed E-state index contributed by atoms with van der Waals surface area (Å²) in [5.74, 6) is -0.240. The molecule has 0 fully saturated rings. The summed E-state index contributed by atoms with van der Waals surface area (Å²) in [6, 6.07) is 22.5. The summed E-state index contributed by atoms with van der Waals surface area (Å²) in [6.45, 7) is 0.291. The standard InChI is InChI=1S/C26H19F3N2OS/c27-26(28,29)21-9-1-5-17(13-21)14-22-16-19-7-3-10-23(24(19)33-22)18-6-2-8-20(15-18)25(32)31-12-4-11-30/h1-3,5-10,13,15-16H,4,12,14H2,(H,31,32). The molecule has 0 saturated carbocycles. The molecule has 0 bridgehead atoms. The van der Waals surface area contributed by atoms with E-state index >= 15 is 0 Å². The number of carbonyl (C=O) groups is 1. The number of fused-ring (bicyclic) bond motifs is 1. The van der Waals surface area contributed by atoms with Crippen LogP contribution in [0.4, 0.5) is 13.2 Å². The lowest BCUT2D eigenvalue weighted by Gasteiger charge is -2.08. The zero-order chi connectivity index (χ0) is 23.4. The molecule has 166 valence electrons. The molecule has 1 heterocycles. The van der Waals surface area contributed by atoms with Crippen molar-refractivity contribution >= 4 is 27.3 Å². The SMILES string of the molecule is N#CCCNC(=O)c1cccc(-c2cccc3cc(Cc4cccc(C(F)(F)F)c4)sc23)c1. The van der Waals surface area contributed by atoms with Crippen molar-refractivity contribution in [2.24, 2.45) is 0 Å². The van der Waals surface area contributed by atoms with Gasteiger partial charge in [-0.2, -0.15) is 18.4 Å². The number of nitrogens with one attached hydrogen (secondary N) is 1. The van der Waals surface area contributed by atoms with Crippen molar-refractivity contribution in [3.8, 4) is 17.2 Å². The minimum atomic E-state index is -4.37. The van der Waals surface area contributed by atoms with Crippen LogP contribution in [0.15, 0.2) is 72.8 Å². The first-order chi connectivity index (χ1) is 15.8. The van der Waals surface area contributed by atoms with Crippen LogP contribution in [0.1, 0.15) is 32.8 Å². The molecule has 1 amide bonds. The van der Waals surface area contributed by atoms with Crippen molar-refractivity contribution in [3.05, 3.63) is 94.4 Å². The minimum absolute atomic E-state index is 0.240. The fourth-order valence-corrected chi connectivity index (χ4v) is 4.88. The van der Waals surface area contributed by atoms with E-state index in [9.17, 15) is 18.0 Å². The largest absolute Gasteiger partial charge is 0.416 e. The van der Waals surface area contributed by atoms with E-state index in [2.05, 4.69) is 5.32 Å². The first kappa shape index (κ1) is 22.6. The number of benzene rings is 3. The topological polar surface area (TPSA) is 52.9 Å². The van der Waals surface area contributed by atoms with Crippen LogP contribution in [0, 0.1) is 11.3 Å². The van der Waals surface area contributed by atoms with Gasteiger partial charge < -0.3 is 5.32 Å². The molecule has 0 spiro atoms. The van der Waals surface area contributed by atoms with Gasteiger partial charge in [-0.25, -0.2) is 0 Å². The molecule has 0 unspecified atom stereocenters. The summed E-state index contributed by atoms with van der Waals surface area (Å²) in [5.41, 5.74) is 2.30. The van der Waals surface area contributed by atoms with E-state index in [4.69, 9.17) is 5.26 Å². The van der Waals surface area contributed by atoms with Crippen molar-refractivity contribution < 1.29 is 18.0 Å². The zero-order valence-electron chi connectivity index (χ0n) is 17.4. The van der Waals surface area contributed by atoms with Gasteiger partial charge >= 0.3 is 6.18 Å². The number of halogens is 3. The zero-order valence-corrected chi connectivity index (χ0v) is 18.3. The van der Waals surface area contributed by atoms with E-state index in [0.717, 1.165) is 32.2 Å². The highest BCUT2D eigenvalue weighted by atomic mass is 32.1. The van der Waals surface area contributed by atoms with Crippen molar-refractivity contribution in [1.29, 1.82) is 5.26 Å². The lowest BCUT2D eigenvalue weighted by atomic mass is 10.0. The normalized spacial score (nSPS) is 11.3. The molecule has 0 radical (unpaired) electrons. The third-order valence-electron chi connectivity index (χ3n) is 5.19. The van der Waals surface area contributed by atoms with Crippen LogP contribution < -0.4 is 5.32 Å². The molecule has 3 nitrogen and oxygen atoms in total. The first-order valence-corrected chi connectivity index (χ1v) is 11.1. The molecule has 0 aliphatic rings. The van der Waals surface area contributed by atoms with Gasteiger partial charge in [0.1, 0.15) is 0 Å². The Balaban J connectivity index is 1.63. The molecule has 1 N–H and O–H groups in total. The highest BCUT2D eigenvalue weighted by molar-refractivity contribution is 7.19. The molecular formula is C26H19F3N2OS. The third kappa shape index (κ3) is 5.24. The number of alkyl halides is 3. The van der Waals surface area contributed by atoms with Gasteiger partial charge in [0.25, 0.3) is 5.91 Å². The molecule has 0 atom stereocenters. The minimum Gasteiger partial charge on any atom is -0.351 e. The second kappa shape index (κ2) is 9.47. The van der Waals surface area contributed by atoms with Gasteiger partial charge in [-0.1, -0.05) is 48.5 Å². The van der Waals surface area contributed by atoms with Crippen LogP contribution in [-0.4, -0.2) is 12.5 Å². The number of hydrogen-bond donors (Lipinski definition) is 1. The molecule has 0 aliphatic heterocycles. The lowest BCUT2D eigenvalue weighted by Crippen LogP contribution is -2.24. The van der Waals surface area contributed by atoms with E-state index < -0.39 is 11.7 Å². The van der Waals surface area contributed by atoms with Crippen LogP contribution >= 0.6 is 11.3 Å². The monoisotopic (exact) mass is 464 g/mol. The average molecular weight is 465 g/mol. The van der Waals surface area contributed by atoms with E-state index in [1.54, 1.807) is 23.5 Å². The number of nitriles is 1. The maximum absolute atomic E-state index is 13.1. The molecule has 7 heteroatoms. The molecule has 33 heavy (non-hydrogen) atoms. The smallest absolute Gasteiger partial charge is 0.351 e. The highest BCUT2D eigenvalue weighted by Crippen LogP contribution is 2.36. The van der Waals surface area contributed by atoms with Crippen LogP contribution in [0.25, 0.3) is 21.2 Å². The fourth-order valence-electron chi connectivity index (χ4n) is 3.65. The number of carbonyl (C=O) groups excluding carboxylic acids is 1. The number of amides is 1. The summed E-state index contributed by atoms with van der Waals surface area (Å²) in [7, 11) is 0. The Hall–Kier alpha value is -3.63. The van der Waals surface area contributed by atoms with Gasteiger partial charge in [0.15, 0.2) is 0 Å².